The standard InChI is InChI=1S/C11H15N5O/c1-8(12)10-14-15-11(17-10)16(2)7-9-3-5-13-6-4-9/h3-6,8H,7,12H2,1-2H3. The molecule has 0 aliphatic carbocycles. The first-order valence-electron chi connectivity index (χ1n) is 5.36. The van der Waals surface area contributed by atoms with E-state index in [1.54, 1.807) is 19.3 Å². The van der Waals surface area contributed by atoms with Gasteiger partial charge < -0.3 is 15.1 Å². The molecule has 0 saturated carbocycles. The number of nitrogens with two attached hydrogens (primary N) is 1. The Morgan fingerprint density at radius 1 is 1.35 bits per heavy atom. The predicted molar refractivity (Wildman–Crippen MR) is 63.2 cm³/mol. The Bertz CT molecular complexity index is 468. The summed E-state index contributed by atoms with van der Waals surface area (Å²) < 4.78 is 5.44. The van der Waals surface area contributed by atoms with Gasteiger partial charge in [0.25, 0.3) is 0 Å². The molecule has 90 valence electrons. The van der Waals surface area contributed by atoms with Crippen molar-refractivity contribution in [1.82, 2.24) is 15.2 Å². The molecule has 0 aliphatic rings. The maximum absolute atomic E-state index is 5.66. The van der Waals surface area contributed by atoms with Gasteiger partial charge in [0.1, 0.15) is 0 Å². The number of nitrogens with zero attached hydrogens (tertiary/aromatic N) is 4. The Kier molecular flexibility index (Phi) is 3.34. The van der Waals surface area contributed by atoms with Crippen molar-refractivity contribution in [2.24, 2.45) is 5.73 Å². The van der Waals surface area contributed by atoms with Crippen LogP contribution in [0.25, 0.3) is 0 Å². The highest BCUT2D eigenvalue weighted by Crippen LogP contribution is 2.16. The normalized spacial score (nSPS) is 12.4. The first-order valence-corrected chi connectivity index (χ1v) is 5.36. The summed E-state index contributed by atoms with van der Waals surface area (Å²) in [5, 5.41) is 7.83. The van der Waals surface area contributed by atoms with E-state index in [-0.39, 0.29) is 6.04 Å². The van der Waals surface area contributed by atoms with E-state index in [9.17, 15) is 0 Å². The molecule has 6 heteroatoms. The fraction of sp³-hybridized carbons (Fsp3) is 0.364. The average molecular weight is 233 g/mol. The molecule has 0 bridgehead atoms. The van der Waals surface area contributed by atoms with E-state index in [1.165, 1.54) is 0 Å². The summed E-state index contributed by atoms with van der Waals surface area (Å²) in [6, 6.07) is 4.11. The molecule has 1 atom stereocenters. The molecule has 2 rings (SSSR count). The van der Waals surface area contributed by atoms with Crippen LogP contribution >= 0.6 is 0 Å². The van der Waals surface area contributed by atoms with Gasteiger partial charge in [-0.3, -0.25) is 4.98 Å². The Morgan fingerprint density at radius 3 is 2.65 bits per heavy atom. The molecule has 0 amide bonds. The van der Waals surface area contributed by atoms with Crippen molar-refractivity contribution in [1.29, 1.82) is 0 Å². The molecule has 2 heterocycles. The molecule has 2 aromatic heterocycles. The summed E-state index contributed by atoms with van der Waals surface area (Å²) in [6.07, 6.45) is 3.51. The Morgan fingerprint density at radius 2 is 2.06 bits per heavy atom. The minimum atomic E-state index is -0.245. The van der Waals surface area contributed by atoms with Gasteiger partial charge in [0.15, 0.2) is 0 Å². The lowest BCUT2D eigenvalue weighted by Crippen LogP contribution is -2.16. The van der Waals surface area contributed by atoms with Gasteiger partial charge in [-0.2, -0.15) is 0 Å². The number of hydrogen-bond donors (Lipinski definition) is 1. The van der Waals surface area contributed by atoms with Gasteiger partial charge in [-0.05, 0) is 24.6 Å². The van der Waals surface area contributed by atoms with Crippen LogP contribution in [0.2, 0.25) is 0 Å². The van der Waals surface area contributed by atoms with Gasteiger partial charge in [0, 0.05) is 26.0 Å². The third-order valence-corrected chi connectivity index (χ3v) is 2.32. The van der Waals surface area contributed by atoms with Crippen LogP contribution in [0.4, 0.5) is 6.01 Å². The number of aromatic nitrogens is 3. The first-order chi connectivity index (χ1) is 8.16. The van der Waals surface area contributed by atoms with E-state index in [0.717, 1.165) is 5.56 Å². The van der Waals surface area contributed by atoms with Crippen molar-refractivity contribution in [2.75, 3.05) is 11.9 Å². The van der Waals surface area contributed by atoms with Crippen molar-refractivity contribution < 1.29 is 4.42 Å². The lowest BCUT2D eigenvalue weighted by atomic mass is 10.2. The van der Waals surface area contributed by atoms with E-state index >= 15 is 0 Å². The van der Waals surface area contributed by atoms with Crippen LogP contribution in [0.1, 0.15) is 24.4 Å². The lowest BCUT2D eigenvalue weighted by molar-refractivity contribution is 0.460. The van der Waals surface area contributed by atoms with Gasteiger partial charge in [0.2, 0.25) is 5.89 Å². The summed E-state index contributed by atoms with van der Waals surface area (Å²) in [5.41, 5.74) is 6.78. The molecule has 0 fully saturated rings. The van der Waals surface area contributed by atoms with Crippen LogP contribution in [0.5, 0.6) is 0 Å². The molecule has 0 aliphatic heterocycles. The number of anilines is 1. The monoisotopic (exact) mass is 233 g/mol. The largest absolute Gasteiger partial charge is 0.406 e. The molecule has 0 spiro atoms. The van der Waals surface area contributed by atoms with Gasteiger partial charge in [-0.25, -0.2) is 0 Å². The summed E-state index contributed by atoms with van der Waals surface area (Å²) >= 11 is 0. The molecule has 2 aromatic rings. The fourth-order valence-corrected chi connectivity index (χ4v) is 1.39. The molecule has 2 N–H and O–H groups in total. The summed E-state index contributed by atoms with van der Waals surface area (Å²) in [4.78, 5) is 5.84. The maximum Gasteiger partial charge on any atom is 0.318 e. The highest BCUT2D eigenvalue weighted by atomic mass is 16.4. The van der Waals surface area contributed by atoms with E-state index in [0.29, 0.717) is 18.5 Å². The van der Waals surface area contributed by atoms with Crippen LogP contribution in [0.3, 0.4) is 0 Å². The second-order valence-corrected chi connectivity index (χ2v) is 3.92. The zero-order valence-electron chi connectivity index (χ0n) is 9.87. The smallest absolute Gasteiger partial charge is 0.318 e. The molecule has 0 aromatic carbocycles. The van der Waals surface area contributed by atoms with Crippen LogP contribution in [0.15, 0.2) is 28.9 Å². The van der Waals surface area contributed by atoms with Crippen molar-refractivity contribution in [3.8, 4) is 0 Å². The number of rotatable bonds is 4. The topological polar surface area (TPSA) is 81.1 Å². The molecule has 17 heavy (non-hydrogen) atoms. The molecular weight excluding hydrogens is 218 g/mol. The highest BCUT2D eigenvalue weighted by Gasteiger charge is 2.13. The first kappa shape index (κ1) is 11.5. The molecule has 0 radical (unpaired) electrons. The van der Waals surface area contributed by atoms with Crippen molar-refractivity contribution >= 4 is 6.01 Å². The van der Waals surface area contributed by atoms with E-state index < -0.39 is 0 Å². The van der Waals surface area contributed by atoms with Crippen LogP contribution in [0, 0.1) is 0 Å². The fourth-order valence-electron chi connectivity index (χ4n) is 1.39. The van der Waals surface area contributed by atoms with E-state index in [2.05, 4.69) is 15.2 Å². The van der Waals surface area contributed by atoms with Crippen LogP contribution < -0.4 is 10.6 Å². The second-order valence-electron chi connectivity index (χ2n) is 3.92. The predicted octanol–water partition coefficient (Wildman–Crippen LogP) is 1.12. The average Bonchev–Trinajstić information content (AvgIpc) is 2.79. The highest BCUT2D eigenvalue weighted by molar-refractivity contribution is 5.26. The third-order valence-electron chi connectivity index (χ3n) is 2.32. The second kappa shape index (κ2) is 4.92. The lowest BCUT2D eigenvalue weighted by Gasteiger charge is -2.13. The van der Waals surface area contributed by atoms with Crippen molar-refractivity contribution in [3.63, 3.8) is 0 Å². The van der Waals surface area contributed by atoms with Gasteiger partial charge in [-0.1, -0.05) is 5.10 Å². The maximum atomic E-state index is 5.66. The van der Waals surface area contributed by atoms with Gasteiger partial charge in [0.05, 0.1) is 6.04 Å². The van der Waals surface area contributed by atoms with Gasteiger partial charge >= 0.3 is 6.01 Å². The molecule has 6 nitrogen and oxygen atoms in total. The Balaban J connectivity index is 2.07. The molecule has 1 unspecified atom stereocenters. The van der Waals surface area contributed by atoms with Crippen LogP contribution in [-0.2, 0) is 6.54 Å². The minimum absolute atomic E-state index is 0.245. The Labute approximate surface area is 99.5 Å². The third kappa shape index (κ3) is 2.79. The summed E-state index contributed by atoms with van der Waals surface area (Å²) in [5.74, 6) is 0.446. The molecule has 0 saturated heterocycles. The van der Waals surface area contributed by atoms with Crippen LogP contribution in [-0.4, -0.2) is 22.2 Å². The zero-order valence-corrected chi connectivity index (χ0v) is 9.87. The SMILES string of the molecule is CC(N)c1nnc(N(C)Cc2ccncc2)o1. The van der Waals surface area contributed by atoms with Gasteiger partial charge in [-0.15, -0.1) is 5.10 Å². The Hall–Kier alpha value is -1.95. The van der Waals surface area contributed by atoms with E-state index in [1.807, 2.05) is 24.1 Å². The zero-order chi connectivity index (χ0) is 12.3. The summed E-state index contributed by atoms with van der Waals surface area (Å²) in [7, 11) is 1.89. The van der Waals surface area contributed by atoms with E-state index in [4.69, 9.17) is 10.2 Å². The van der Waals surface area contributed by atoms with Crippen molar-refractivity contribution in [2.45, 2.75) is 19.5 Å². The molecular formula is C11H15N5O. The van der Waals surface area contributed by atoms with Crippen molar-refractivity contribution in [3.05, 3.63) is 36.0 Å². The number of pyridine rings is 1. The minimum Gasteiger partial charge on any atom is -0.406 e. The number of hydrogen-bond acceptors (Lipinski definition) is 6. The quantitative estimate of drug-likeness (QED) is 0.852. The summed E-state index contributed by atoms with van der Waals surface area (Å²) in [6.45, 7) is 2.49.